The second-order valence-corrected chi connectivity index (χ2v) is 7.15. The molecule has 6 nitrogen and oxygen atoms in total. The molecule has 2 rings (SSSR count). The third kappa shape index (κ3) is 4.44. The van der Waals surface area contributed by atoms with Crippen LogP contribution in [0.5, 0.6) is 0 Å². The summed E-state index contributed by atoms with van der Waals surface area (Å²) in [5, 5.41) is 2.72. The van der Waals surface area contributed by atoms with Gasteiger partial charge in [0.1, 0.15) is 0 Å². The Morgan fingerprint density at radius 2 is 1.76 bits per heavy atom. The highest BCUT2D eigenvalue weighted by atomic mass is 32.2. The molecule has 1 aromatic carbocycles. The monoisotopic (exact) mass is 311 g/mol. The Morgan fingerprint density at radius 3 is 2.33 bits per heavy atom. The molecule has 0 spiro atoms. The van der Waals surface area contributed by atoms with Gasteiger partial charge >= 0.3 is 6.03 Å². The summed E-state index contributed by atoms with van der Waals surface area (Å²) in [5.41, 5.74) is 0.963. The van der Waals surface area contributed by atoms with Crippen molar-refractivity contribution in [2.75, 3.05) is 20.1 Å². The minimum atomic E-state index is -3.81. The van der Waals surface area contributed by atoms with Crippen molar-refractivity contribution in [3.05, 3.63) is 29.8 Å². The summed E-state index contributed by atoms with van der Waals surface area (Å²) in [6, 6.07) is 5.73. The highest BCUT2D eigenvalue weighted by Gasteiger charge is 2.22. The maximum Gasteiger partial charge on any atom is 0.328 e. The number of amides is 2. The van der Waals surface area contributed by atoms with Gasteiger partial charge in [-0.2, -0.15) is 0 Å². The van der Waals surface area contributed by atoms with E-state index in [4.69, 9.17) is 0 Å². The quantitative estimate of drug-likeness (QED) is 0.875. The van der Waals surface area contributed by atoms with Crippen LogP contribution < -0.4 is 10.0 Å². The largest absolute Gasteiger partial charge is 0.334 e. The van der Waals surface area contributed by atoms with Crippen molar-refractivity contribution in [1.82, 2.24) is 14.9 Å². The number of sulfonamides is 1. The third-order valence-electron chi connectivity index (χ3n) is 3.61. The number of carbonyl (C=O) groups excluding carboxylic acids is 1. The number of rotatable bonds is 3. The van der Waals surface area contributed by atoms with E-state index in [0.717, 1.165) is 31.5 Å². The lowest BCUT2D eigenvalue weighted by Crippen LogP contribution is -2.48. The summed E-state index contributed by atoms with van der Waals surface area (Å²) in [6.07, 6.45) is 1.66. The fourth-order valence-electron chi connectivity index (χ4n) is 2.27. The topological polar surface area (TPSA) is 78.5 Å². The van der Waals surface area contributed by atoms with Crippen LogP contribution in [0, 0.1) is 6.92 Å². The maximum absolute atomic E-state index is 12.1. The van der Waals surface area contributed by atoms with Gasteiger partial charge in [-0.1, -0.05) is 17.7 Å². The molecule has 0 radical (unpaired) electrons. The molecule has 0 bridgehead atoms. The van der Waals surface area contributed by atoms with Crippen molar-refractivity contribution < 1.29 is 13.2 Å². The first-order valence-electron chi connectivity index (χ1n) is 6.95. The lowest BCUT2D eigenvalue weighted by Gasteiger charge is -2.29. The molecule has 1 aliphatic rings. The van der Waals surface area contributed by atoms with Gasteiger partial charge in [0.25, 0.3) is 10.0 Å². The number of nitrogens with zero attached hydrogens (tertiary/aromatic N) is 1. The fourth-order valence-corrected chi connectivity index (χ4v) is 3.18. The second kappa shape index (κ2) is 6.44. The van der Waals surface area contributed by atoms with Crippen LogP contribution in [0.2, 0.25) is 0 Å². The van der Waals surface area contributed by atoms with Crippen molar-refractivity contribution in [2.24, 2.45) is 0 Å². The summed E-state index contributed by atoms with van der Waals surface area (Å²) in [5.74, 6) is 0. The number of aryl methyl sites for hydroxylation is 1. The summed E-state index contributed by atoms with van der Waals surface area (Å²) in [7, 11) is -1.78. The van der Waals surface area contributed by atoms with E-state index in [1.165, 1.54) is 12.1 Å². The number of piperidine rings is 1. The molecule has 0 saturated carbocycles. The lowest BCUT2D eigenvalue weighted by molar-refractivity contribution is 0.217. The van der Waals surface area contributed by atoms with E-state index in [-0.39, 0.29) is 10.9 Å². The molecule has 0 unspecified atom stereocenters. The fraction of sp³-hybridized carbons (Fsp3) is 0.500. The zero-order valence-electron chi connectivity index (χ0n) is 12.3. The second-order valence-electron chi connectivity index (χ2n) is 5.47. The molecule has 1 fully saturated rings. The number of likely N-dealkylation sites (tertiary alicyclic amines) is 1. The van der Waals surface area contributed by atoms with Crippen LogP contribution in [0.15, 0.2) is 29.2 Å². The normalized spacial score (nSPS) is 17.4. The standard InChI is InChI=1S/C14H21N3O3S/c1-11-3-5-13(6-4-11)21(19,20)16-14(18)15-12-7-9-17(2)10-8-12/h3-6,12H,7-10H2,1-2H3,(H2,15,16,18). The van der Waals surface area contributed by atoms with Gasteiger partial charge in [0.05, 0.1) is 4.90 Å². The molecule has 7 heteroatoms. The Bertz CT molecular complexity index is 590. The molecule has 0 atom stereocenters. The van der Waals surface area contributed by atoms with Gasteiger partial charge in [-0.05, 0) is 52.0 Å². The van der Waals surface area contributed by atoms with Crippen LogP contribution in [-0.2, 0) is 10.0 Å². The highest BCUT2D eigenvalue weighted by molar-refractivity contribution is 7.90. The first kappa shape index (κ1) is 15.8. The van der Waals surface area contributed by atoms with Gasteiger partial charge in [-0.15, -0.1) is 0 Å². The molecule has 21 heavy (non-hydrogen) atoms. The SMILES string of the molecule is Cc1ccc(S(=O)(=O)NC(=O)NC2CCN(C)CC2)cc1. The molecular formula is C14H21N3O3S. The molecule has 2 amide bonds. The summed E-state index contributed by atoms with van der Waals surface area (Å²) >= 11 is 0. The van der Waals surface area contributed by atoms with Crippen LogP contribution in [0.3, 0.4) is 0 Å². The molecule has 116 valence electrons. The van der Waals surface area contributed by atoms with Gasteiger partial charge in [-0.3, -0.25) is 0 Å². The molecule has 2 N–H and O–H groups in total. The van der Waals surface area contributed by atoms with E-state index >= 15 is 0 Å². The zero-order valence-corrected chi connectivity index (χ0v) is 13.1. The molecule has 1 saturated heterocycles. The van der Waals surface area contributed by atoms with E-state index in [0.29, 0.717) is 0 Å². The van der Waals surface area contributed by atoms with Crippen LogP contribution >= 0.6 is 0 Å². The number of hydrogen-bond donors (Lipinski definition) is 2. The molecule has 0 aliphatic carbocycles. The van der Waals surface area contributed by atoms with Gasteiger partial charge in [-0.25, -0.2) is 17.9 Å². The Hall–Kier alpha value is -1.60. The van der Waals surface area contributed by atoms with Gasteiger partial charge in [0.15, 0.2) is 0 Å². The minimum absolute atomic E-state index is 0.0226. The Balaban J connectivity index is 1.93. The van der Waals surface area contributed by atoms with Crippen molar-refractivity contribution in [1.29, 1.82) is 0 Å². The van der Waals surface area contributed by atoms with Crippen LogP contribution in [0.1, 0.15) is 18.4 Å². The van der Waals surface area contributed by atoms with Crippen molar-refractivity contribution in [2.45, 2.75) is 30.7 Å². The van der Waals surface area contributed by atoms with Gasteiger partial charge in [0.2, 0.25) is 0 Å². The predicted molar refractivity (Wildman–Crippen MR) is 80.6 cm³/mol. The number of carbonyl (C=O) groups is 1. The highest BCUT2D eigenvalue weighted by Crippen LogP contribution is 2.11. The van der Waals surface area contributed by atoms with Crippen molar-refractivity contribution in [3.63, 3.8) is 0 Å². The molecule has 1 aliphatic heterocycles. The summed E-state index contributed by atoms with van der Waals surface area (Å²) in [6.45, 7) is 3.67. The van der Waals surface area contributed by atoms with Gasteiger partial charge in [0, 0.05) is 6.04 Å². The van der Waals surface area contributed by atoms with Crippen molar-refractivity contribution in [3.8, 4) is 0 Å². The number of nitrogens with one attached hydrogen (secondary N) is 2. The van der Waals surface area contributed by atoms with E-state index in [9.17, 15) is 13.2 Å². The number of hydrogen-bond acceptors (Lipinski definition) is 4. The predicted octanol–water partition coefficient (Wildman–Crippen LogP) is 1.08. The Morgan fingerprint density at radius 1 is 1.19 bits per heavy atom. The molecule has 0 aromatic heterocycles. The number of urea groups is 1. The Kier molecular flexibility index (Phi) is 4.84. The minimum Gasteiger partial charge on any atom is -0.334 e. The van der Waals surface area contributed by atoms with E-state index in [1.807, 2.05) is 14.0 Å². The molecular weight excluding hydrogens is 290 g/mol. The average molecular weight is 311 g/mol. The van der Waals surface area contributed by atoms with Crippen LogP contribution in [-0.4, -0.2) is 45.5 Å². The van der Waals surface area contributed by atoms with E-state index in [2.05, 4.69) is 14.9 Å². The van der Waals surface area contributed by atoms with Gasteiger partial charge < -0.3 is 10.2 Å². The first-order valence-corrected chi connectivity index (χ1v) is 8.44. The lowest BCUT2D eigenvalue weighted by atomic mass is 10.1. The van der Waals surface area contributed by atoms with E-state index < -0.39 is 16.1 Å². The van der Waals surface area contributed by atoms with Crippen molar-refractivity contribution >= 4 is 16.1 Å². The third-order valence-corrected chi connectivity index (χ3v) is 4.96. The zero-order chi connectivity index (χ0) is 15.5. The maximum atomic E-state index is 12.1. The van der Waals surface area contributed by atoms with Crippen LogP contribution in [0.4, 0.5) is 4.79 Å². The molecule has 1 heterocycles. The average Bonchev–Trinajstić information content (AvgIpc) is 2.41. The Labute approximate surface area is 125 Å². The summed E-state index contributed by atoms with van der Waals surface area (Å²) < 4.78 is 26.2. The molecule has 1 aromatic rings. The van der Waals surface area contributed by atoms with E-state index in [1.54, 1.807) is 12.1 Å². The first-order chi connectivity index (χ1) is 9.87. The number of benzene rings is 1. The smallest absolute Gasteiger partial charge is 0.328 e. The summed E-state index contributed by atoms with van der Waals surface area (Å²) in [4.78, 5) is 14.1. The van der Waals surface area contributed by atoms with Crippen LogP contribution in [0.25, 0.3) is 0 Å².